The van der Waals surface area contributed by atoms with Gasteiger partial charge >= 0.3 is 0 Å². The predicted octanol–water partition coefficient (Wildman–Crippen LogP) is 5.66. The Morgan fingerprint density at radius 1 is 0.944 bits per heavy atom. The molecule has 0 saturated carbocycles. The lowest BCUT2D eigenvalue weighted by atomic mass is 9.67. The van der Waals surface area contributed by atoms with Gasteiger partial charge in [-0.25, -0.2) is 0 Å². The molecule has 6 rings (SSSR count). The monoisotopic (exact) mass is 520 g/mol. The molecule has 3 aromatic carbocycles. The summed E-state index contributed by atoms with van der Waals surface area (Å²) in [5.41, 5.74) is 4.10. The van der Waals surface area contributed by atoms with Crippen LogP contribution in [0.3, 0.4) is 0 Å². The van der Waals surface area contributed by atoms with E-state index in [-0.39, 0.29) is 11.9 Å². The van der Waals surface area contributed by atoms with Crippen LogP contribution in [0.15, 0.2) is 71.8 Å². The topological polar surface area (TPSA) is 48.4 Å². The van der Waals surface area contributed by atoms with Crippen LogP contribution in [-0.4, -0.2) is 44.4 Å². The highest BCUT2D eigenvalue weighted by Crippen LogP contribution is 2.49. The molecular formula is C28H26Cl2N4O2. The van der Waals surface area contributed by atoms with E-state index in [1.54, 1.807) is 24.3 Å². The Morgan fingerprint density at radius 2 is 1.64 bits per heavy atom. The van der Waals surface area contributed by atoms with Crippen LogP contribution in [0.4, 0.5) is 17.1 Å². The minimum absolute atomic E-state index is 0.00509. The molecule has 0 unspecified atom stereocenters. The Labute approximate surface area is 220 Å². The summed E-state index contributed by atoms with van der Waals surface area (Å²) in [5, 5.41) is 7.69. The number of anilines is 3. The second-order valence-electron chi connectivity index (χ2n) is 9.55. The molecule has 1 amide bonds. The Kier molecular flexibility index (Phi) is 5.61. The molecule has 1 spiro atoms. The number of methoxy groups -OCH3 is 1. The molecule has 0 aromatic heterocycles. The summed E-state index contributed by atoms with van der Waals surface area (Å²) in [6.45, 7) is 4.27. The number of halogens is 2. The van der Waals surface area contributed by atoms with E-state index in [0.717, 1.165) is 47.2 Å². The number of hydrogen-bond acceptors (Lipinski definition) is 5. The molecule has 0 aliphatic carbocycles. The quantitative estimate of drug-likeness (QED) is 0.446. The largest absolute Gasteiger partial charge is 0.497 e. The summed E-state index contributed by atoms with van der Waals surface area (Å²) in [6, 6.07) is 21.2. The van der Waals surface area contributed by atoms with Crippen LogP contribution in [0.1, 0.15) is 12.5 Å². The zero-order chi connectivity index (χ0) is 25.0. The van der Waals surface area contributed by atoms with E-state index in [9.17, 15) is 4.79 Å². The van der Waals surface area contributed by atoms with E-state index >= 15 is 0 Å². The first-order chi connectivity index (χ1) is 17.4. The number of carbonyl (C=O) groups is 1. The molecule has 0 radical (unpaired) electrons. The third kappa shape index (κ3) is 3.54. The van der Waals surface area contributed by atoms with E-state index in [1.165, 1.54) is 0 Å². The number of nitrogens with zero attached hydrogens (tertiary/aromatic N) is 4. The van der Waals surface area contributed by atoms with Gasteiger partial charge in [0.2, 0.25) is 0 Å². The van der Waals surface area contributed by atoms with Crippen LogP contribution >= 0.6 is 23.2 Å². The van der Waals surface area contributed by atoms with Gasteiger partial charge in [0.05, 0.1) is 24.6 Å². The first-order valence-electron chi connectivity index (χ1n) is 12.0. The van der Waals surface area contributed by atoms with Crippen molar-refractivity contribution in [1.29, 1.82) is 0 Å². The van der Waals surface area contributed by atoms with Crippen molar-refractivity contribution in [1.82, 2.24) is 0 Å². The number of hydrogen-bond donors (Lipinski definition) is 0. The second kappa shape index (κ2) is 8.71. The zero-order valence-corrected chi connectivity index (χ0v) is 21.6. The van der Waals surface area contributed by atoms with Gasteiger partial charge in [-0.2, -0.15) is 10.1 Å². The highest BCUT2D eigenvalue weighted by atomic mass is 35.5. The smallest absolute Gasteiger partial charge is 0.261 e. The molecular weight excluding hydrogens is 495 g/mol. The summed E-state index contributed by atoms with van der Waals surface area (Å²) in [4.78, 5) is 19.0. The average molecular weight is 521 g/mol. The molecule has 0 bridgehead atoms. The Balaban J connectivity index is 1.43. The molecule has 3 aliphatic heterocycles. The highest BCUT2D eigenvalue weighted by molar-refractivity contribution is 6.31. The first-order valence-corrected chi connectivity index (χ1v) is 12.8. The van der Waals surface area contributed by atoms with Gasteiger partial charge in [0.1, 0.15) is 11.2 Å². The maximum Gasteiger partial charge on any atom is 0.261 e. The van der Waals surface area contributed by atoms with Crippen LogP contribution in [0.2, 0.25) is 10.0 Å². The number of amides is 1. The van der Waals surface area contributed by atoms with Gasteiger partial charge in [-0.3, -0.25) is 4.79 Å². The van der Waals surface area contributed by atoms with Gasteiger partial charge in [-0.1, -0.05) is 29.3 Å². The summed E-state index contributed by atoms with van der Waals surface area (Å²) in [7, 11) is 1.67. The van der Waals surface area contributed by atoms with Gasteiger partial charge in [0.25, 0.3) is 5.91 Å². The number of hydrazone groups is 1. The van der Waals surface area contributed by atoms with Crippen LogP contribution in [0, 0.1) is 5.41 Å². The SMILES string of the molecule is COc1ccc(N2CCN3c4cc(Cl)ccc4C[C@]4(C(=O)N(c5ccc(Cl)cc5)N=C4C)[C@H]3C2)cc1. The van der Waals surface area contributed by atoms with E-state index in [2.05, 4.69) is 28.0 Å². The summed E-state index contributed by atoms with van der Waals surface area (Å²) in [5.74, 6) is 0.817. The van der Waals surface area contributed by atoms with Crippen LogP contribution in [-0.2, 0) is 11.2 Å². The average Bonchev–Trinajstić information content (AvgIpc) is 3.15. The predicted molar refractivity (Wildman–Crippen MR) is 146 cm³/mol. The molecule has 3 aromatic rings. The molecule has 184 valence electrons. The maximum absolute atomic E-state index is 14.3. The fourth-order valence-electron chi connectivity index (χ4n) is 5.87. The van der Waals surface area contributed by atoms with Crippen molar-refractivity contribution in [2.24, 2.45) is 10.5 Å². The number of fused-ring (bicyclic) bond motifs is 4. The fraction of sp³-hybridized carbons (Fsp3) is 0.286. The molecule has 0 N–H and O–H groups in total. The normalized spacial score (nSPS) is 23.0. The standard InChI is InChI=1S/C28H26Cl2N4O2/c1-18-28(27(35)34(31-18)23-7-5-20(29)6-8-23)16-19-3-4-21(30)15-25(19)33-14-13-32(17-26(28)33)22-9-11-24(36-2)12-10-22/h3-12,15,26H,13-14,16-17H2,1-2H3/t26-,28-/m1/s1. The lowest BCUT2D eigenvalue weighted by Gasteiger charge is -2.53. The van der Waals surface area contributed by atoms with E-state index in [1.807, 2.05) is 43.3 Å². The zero-order valence-electron chi connectivity index (χ0n) is 20.1. The molecule has 3 heterocycles. The number of rotatable bonds is 3. The van der Waals surface area contributed by atoms with E-state index in [4.69, 9.17) is 33.0 Å². The Bertz CT molecular complexity index is 1360. The summed E-state index contributed by atoms with van der Waals surface area (Å²) < 4.78 is 5.34. The van der Waals surface area contributed by atoms with Crippen molar-refractivity contribution in [3.63, 3.8) is 0 Å². The third-order valence-corrected chi connectivity index (χ3v) is 8.24. The van der Waals surface area contributed by atoms with Crippen molar-refractivity contribution >= 4 is 51.9 Å². The Hall–Kier alpha value is -3.22. The number of benzene rings is 3. The minimum Gasteiger partial charge on any atom is -0.497 e. The van der Waals surface area contributed by atoms with Crippen molar-refractivity contribution < 1.29 is 9.53 Å². The molecule has 8 heteroatoms. The van der Waals surface area contributed by atoms with E-state index in [0.29, 0.717) is 23.0 Å². The highest BCUT2D eigenvalue weighted by Gasteiger charge is 2.60. The molecule has 1 saturated heterocycles. The molecule has 6 nitrogen and oxygen atoms in total. The molecule has 2 atom stereocenters. The van der Waals surface area contributed by atoms with Gasteiger partial charge in [-0.15, -0.1) is 0 Å². The van der Waals surface area contributed by atoms with Crippen molar-refractivity contribution in [3.8, 4) is 5.75 Å². The maximum atomic E-state index is 14.3. The van der Waals surface area contributed by atoms with Gasteiger partial charge < -0.3 is 14.5 Å². The number of carbonyl (C=O) groups excluding carboxylic acids is 1. The molecule has 1 fully saturated rings. The third-order valence-electron chi connectivity index (χ3n) is 7.75. The van der Waals surface area contributed by atoms with Crippen molar-refractivity contribution in [2.75, 3.05) is 41.6 Å². The van der Waals surface area contributed by atoms with Crippen LogP contribution in [0.5, 0.6) is 5.75 Å². The Morgan fingerprint density at radius 3 is 2.36 bits per heavy atom. The van der Waals surface area contributed by atoms with Crippen molar-refractivity contribution in [3.05, 3.63) is 82.3 Å². The van der Waals surface area contributed by atoms with Gasteiger partial charge in [0.15, 0.2) is 0 Å². The number of ether oxygens (including phenoxy) is 1. The second-order valence-corrected chi connectivity index (χ2v) is 10.4. The number of piperazine rings is 1. The lowest BCUT2D eigenvalue weighted by molar-refractivity contribution is -0.125. The van der Waals surface area contributed by atoms with Crippen LogP contribution in [0.25, 0.3) is 0 Å². The minimum atomic E-state index is -0.786. The van der Waals surface area contributed by atoms with Crippen LogP contribution < -0.4 is 19.5 Å². The van der Waals surface area contributed by atoms with E-state index < -0.39 is 5.41 Å². The first kappa shape index (κ1) is 23.2. The molecule has 3 aliphatic rings. The van der Waals surface area contributed by atoms with Crippen molar-refractivity contribution in [2.45, 2.75) is 19.4 Å². The fourth-order valence-corrected chi connectivity index (χ4v) is 6.16. The lowest BCUT2D eigenvalue weighted by Crippen LogP contribution is -2.67. The van der Waals surface area contributed by atoms with Gasteiger partial charge in [0, 0.05) is 41.1 Å². The molecule has 36 heavy (non-hydrogen) atoms. The summed E-state index contributed by atoms with van der Waals surface area (Å²) >= 11 is 12.5. The summed E-state index contributed by atoms with van der Waals surface area (Å²) in [6.07, 6.45) is 0.579. The van der Waals surface area contributed by atoms with Gasteiger partial charge in [-0.05, 0) is 79.6 Å².